The summed E-state index contributed by atoms with van der Waals surface area (Å²) >= 11 is 0. The van der Waals surface area contributed by atoms with Crippen molar-refractivity contribution < 1.29 is 0 Å². The van der Waals surface area contributed by atoms with Gasteiger partial charge in [0.15, 0.2) is 0 Å². The summed E-state index contributed by atoms with van der Waals surface area (Å²) in [5.74, 6) is 0.963. The van der Waals surface area contributed by atoms with Gasteiger partial charge in [-0.1, -0.05) is 129 Å². The van der Waals surface area contributed by atoms with Crippen molar-refractivity contribution in [3.8, 4) is 0 Å². The maximum atomic E-state index is 3.56. The SMILES string of the molecule is C=C(C)C.CC.CC.CC.CCCC(C)CCC.Cc1cccc(C)c1. The van der Waals surface area contributed by atoms with E-state index in [1.165, 1.54) is 42.4 Å². The molecule has 1 aromatic rings. The van der Waals surface area contributed by atoms with Crippen LogP contribution < -0.4 is 0 Å². The molecule has 0 radical (unpaired) electrons. The monoisotopic (exact) mass is 366 g/mol. The van der Waals surface area contributed by atoms with Gasteiger partial charge in [-0.2, -0.15) is 0 Å². The number of allylic oxidation sites excluding steroid dienone is 1. The van der Waals surface area contributed by atoms with Crippen LogP contribution in [-0.4, -0.2) is 0 Å². The topological polar surface area (TPSA) is 0 Å². The Morgan fingerprint density at radius 2 is 1.08 bits per heavy atom. The van der Waals surface area contributed by atoms with E-state index >= 15 is 0 Å². The van der Waals surface area contributed by atoms with Gasteiger partial charge in [0.25, 0.3) is 0 Å². The molecule has 0 aliphatic rings. The van der Waals surface area contributed by atoms with E-state index in [-0.39, 0.29) is 0 Å². The first-order valence-electron chi connectivity index (χ1n) is 11.0. The fraction of sp³-hybridized carbons (Fsp3) is 0.692. The van der Waals surface area contributed by atoms with Crippen molar-refractivity contribution in [2.24, 2.45) is 5.92 Å². The number of hydrogen-bond donors (Lipinski definition) is 0. The van der Waals surface area contributed by atoms with Crippen molar-refractivity contribution >= 4 is 0 Å². The largest absolute Gasteiger partial charge is 0.100 e. The molecular formula is C26H54. The van der Waals surface area contributed by atoms with Crippen molar-refractivity contribution in [3.05, 3.63) is 47.5 Å². The molecule has 0 aromatic heterocycles. The van der Waals surface area contributed by atoms with Gasteiger partial charge in [0, 0.05) is 0 Å². The third kappa shape index (κ3) is 49.5. The summed E-state index contributed by atoms with van der Waals surface area (Å²) in [4.78, 5) is 0. The average molecular weight is 367 g/mol. The quantitative estimate of drug-likeness (QED) is 0.465. The van der Waals surface area contributed by atoms with Gasteiger partial charge >= 0.3 is 0 Å². The van der Waals surface area contributed by atoms with Crippen LogP contribution in [0.1, 0.15) is 113 Å². The maximum absolute atomic E-state index is 3.56. The van der Waals surface area contributed by atoms with Gasteiger partial charge < -0.3 is 0 Å². The molecule has 0 saturated heterocycles. The average Bonchev–Trinajstić information content (AvgIpc) is 2.61. The molecule has 158 valence electrons. The molecule has 1 rings (SSSR count). The lowest BCUT2D eigenvalue weighted by Gasteiger charge is -2.05. The lowest BCUT2D eigenvalue weighted by atomic mass is 10.0. The molecule has 0 heterocycles. The van der Waals surface area contributed by atoms with Crippen LogP contribution in [0.4, 0.5) is 0 Å². The van der Waals surface area contributed by atoms with Crippen molar-refractivity contribution in [3.63, 3.8) is 0 Å². The second kappa shape index (κ2) is 35.1. The molecule has 0 nitrogen and oxygen atoms in total. The Morgan fingerprint density at radius 3 is 1.23 bits per heavy atom. The zero-order valence-corrected chi connectivity index (χ0v) is 20.9. The highest BCUT2D eigenvalue weighted by Crippen LogP contribution is 2.10. The zero-order valence-electron chi connectivity index (χ0n) is 20.9. The summed E-state index contributed by atoms with van der Waals surface area (Å²) in [6, 6.07) is 8.45. The summed E-state index contributed by atoms with van der Waals surface area (Å²) < 4.78 is 0. The third-order valence-electron chi connectivity index (χ3n) is 2.74. The highest BCUT2D eigenvalue weighted by Gasteiger charge is 1.95. The van der Waals surface area contributed by atoms with Gasteiger partial charge in [0.2, 0.25) is 0 Å². The van der Waals surface area contributed by atoms with Crippen LogP contribution in [0.3, 0.4) is 0 Å². The molecule has 0 aliphatic carbocycles. The van der Waals surface area contributed by atoms with Crippen LogP contribution in [0.25, 0.3) is 0 Å². The molecular weight excluding hydrogens is 312 g/mol. The Morgan fingerprint density at radius 1 is 0.808 bits per heavy atom. The minimum absolute atomic E-state index is 0.963. The fourth-order valence-corrected chi connectivity index (χ4v) is 1.94. The molecule has 0 heteroatoms. The van der Waals surface area contributed by atoms with Crippen molar-refractivity contribution in [1.82, 2.24) is 0 Å². The molecule has 0 spiro atoms. The molecule has 0 unspecified atom stereocenters. The summed E-state index contributed by atoms with van der Waals surface area (Å²) in [5.41, 5.74) is 3.84. The third-order valence-corrected chi connectivity index (χ3v) is 2.74. The number of rotatable bonds is 4. The highest BCUT2D eigenvalue weighted by molar-refractivity contribution is 5.20. The van der Waals surface area contributed by atoms with E-state index in [0.717, 1.165) is 5.92 Å². The van der Waals surface area contributed by atoms with Crippen molar-refractivity contribution in [2.75, 3.05) is 0 Å². The van der Waals surface area contributed by atoms with Gasteiger partial charge in [-0.15, -0.1) is 6.58 Å². The molecule has 0 fully saturated rings. The lowest BCUT2D eigenvalue weighted by Crippen LogP contribution is -1.91. The van der Waals surface area contributed by atoms with E-state index in [1.54, 1.807) is 0 Å². The molecule has 1 aromatic carbocycles. The predicted octanol–water partition coefficient (Wildman–Crippen LogP) is 10.2. The standard InChI is InChI=1S/C8H10.C8H18.C4H8.3C2H6/c1-7-4-3-5-8(2)6-7;1-4-6-8(3)7-5-2;1-4(2)3;3*1-2/h3-6H,1-2H3;8H,4-7H2,1-3H3;1H2,2-3H3;3*1-2H3. The molecule has 0 aliphatic heterocycles. The first-order chi connectivity index (χ1) is 12.3. The predicted molar refractivity (Wildman–Crippen MR) is 129 cm³/mol. The molecule has 0 N–H and O–H groups in total. The van der Waals surface area contributed by atoms with Crippen LogP contribution in [0.5, 0.6) is 0 Å². The molecule has 0 amide bonds. The number of benzene rings is 1. The molecule has 0 atom stereocenters. The summed E-state index contributed by atoms with van der Waals surface area (Å²) in [5, 5.41) is 0. The van der Waals surface area contributed by atoms with E-state index in [1.807, 2.05) is 55.4 Å². The summed E-state index contributed by atoms with van der Waals surface area (Å²) in [7, 11) is 0. The zero-order chi connectivity index (χ0) is 22.0. The van der Waals surface area contributed by atoms with Crippen LogP contribution in [-0.2, 0) is 0 Å². The first-order valence-corrected chi connectivity index (χ1v) is 11.0. The van der Waals surface area contributed by atoms with Crippen LogP contribution in [0.15, 0.2) is 36.4 Å². The second-order valence-corrected chi connectivity index (χ2v) is 6.05. The van der Waals surface area contributed by atoms with Gasteiger partial charge in [-0.05, 0) is 33.6 Å². The summed E-state index contributed by atoms with van der Waals surface area (Å²) in [6.07, 6.45) is 5.52. The van der Waals surface area contributed by atoms with Gasteiger partial charge in [-0.3, -0.25) is 0 Å². The smallest absolute Gasteiger partial charge is 0.0398 e. The van der Waals surface area contributed by atoms with E-state index in [9.17, 15) is 0 Å². The second-order valence-electron chi connectivity index (χ2n) is 6.05. The Labute approximate surface area is 169 Å². The van der Waals surface area contributed by atoms with E-state index in [0.29, 0.717) is 0 Å². The van der Waals surface area contributed by atoms with Gasteiger partial charge in [-0.25, -0.2) is 0 Å². The number of hydrogen-bond acceptors (Lipinski definition) is 0. The Hall–Kier alpha value is -1.04. The van der Waals surface area contributed by atoms with Crippen LogP contribution in [0.2, 0.25) is 0 Å². The molecule has 0 bridgehead atoms. The molecule has 0 saturated carbocycles. The first kappa shape index (κ1) is 36.0. The Bertz CT molecular complexity index is 308. The van der Waals surface area contributed by atoms with E-state index < -0.39 is 0 Å². The van der Waals surface area contributed by atoms with Gasteiger partial charge in [0.05, 0.1) is 0 Å². The fourth-order valence-electron chi connectivity index (χ4n) is 1.94. The summed E-state index contributed by atoms with van der Waals surface area (Å²) in [6.45, 7) is 30.6. The number of aryl methyl sites for hydroxylation is 2. The lowest BCUT2D eigenvalue weighted by molar-refractivity contribution is 0.480. The maximum Gasteiger partial charge on any atom is -0.0398 e. The van der Waals surface area contributed by atoms with Crippen molar-refractivity contribution in [2.45, 2.75) is 116 Å². The van der Waals surface area contributed by atoms with E-state index in [4.69, 9.17) is 0 Å². The van der Waals surface area contributed by atoms with Gasteiger partial charge in [0.1, 0.15) is 0 Å². The van der Waals surface area contributed by atoms with Crippen LogP contribution in [0, 0.1) is 19.8 Å². The minimum Gasteiger partial charge on any atom is -0.100 e. The van der Waals surface area contributed by atoms with E-state index in [2.05, 4.69) is 65.5 Å². The van der Waals surface area contributed by atoms with Crippen LogP contribution >= 0.6 is 0 Å². The highest BCUT2D eigenvalue weighted by atomic mass is 14.0. The normalized spacial score (nSPS) is 7.77. The molecule has 26 heavy (non-hydrogen) atoms. The Kier molecular flexibility index (Phi) is 48.6. The van der Waals surface area contributed by atoms with Crippen molar-refractivity contribution in [1.29, 1.82) is 0 Å². The Balaban J connectivity index is -0.0000000766. The minimum atomic E-state index is 0.963.